The maximum atomic E-state index is 5.11. The van der Waals surface area contributed by atoms with Crippen molar-refractivity contribution >= 4 is 43.8 Å². The van der Waals surface area contributed by atoms with Gasteiger partial charge >= 0.3 is 0 Å². The van der Waals surface area contributed by atoms with Gasteiger partial charge in [0.1, 0.15) is 0 Å². The Balaban J connectivity index is 1.19. The zero-order chi connectivity index (χ0) is 27.2. The van der Waals surface area contributed by atoms with E-state index in [1.54, 1.807) is 0 Å². The number of fused-ring (bicyclic) bond motifs is 4. The molecule has 4 heterocycles. The fourth-order valence-corrected chi connectivity index (χ4v) is 6.08. The minimum Gasteiger partial charge on any atom is -0.313 e. The quantitative estimate of drug-likeness (QED) is 0.230. The first-order valence-corrected chi connectivity index (χ1v) is 14.0. The highest BCUT2D eigenvalue weighted by molar-refractivity contribution is 6.10. The van der Waals surface area contributed by atoms with E-state index in [1.807, 2.05) is 24.5 Å². The summed E-state index contributed by atoms with van der Waals surface area (Å²) in [6.07, 6.45) is 10.4. The van der Waals surface area contributed by atoms with Gasteiger partial charge in [-0.3, -0.25) is 4.98 Å². The number of hydrogen-bond donors (Lipinski definition) is 0. The lowest BCUT2D eigenvalue weighted by Crippen LogP contribution is -2.02. The number of pyridine rings is 3. The standard InChI is InChI=1S/C37H26N4/c1-2-13-28-25(9-1)10-6-15-29(28)33-17-8-19-35(40-33)34-18-7-16-32(39-34)26-11-5-12-27(23-26)41-36-20-4-3-14-30(36)31-24-38-22-21-37(31)41/h1-4,6-11,13-24H,5,12H2. The van der Waals surface area contributed by atoms with Crippen LogP contribution in [0.4, 0.5) is 0 Å². The number of hydrogen-bond acceptors (Lipinski definition) is 3. The lowest BCUT2D eigenvalue weighted by atomic mass is 10.00. The molecule has 0 unspecified atom stereocenters. The van der Waals surface area contributed by atoms with Crippen LogP contribution in [0.2, 0.25) is 0 Å². The van der Waals surface area contributed by atoms with Gasteiger partial charge in [-0.2, -0.15) is 0 Å². The lowest BCUT2D eigenvalue weighted by molar-refractivity contribution is 0.980. The number of rotatable bonds is 4. The normalized spacial score (nSPS) is 13.5. The Kier molecular flexibility index (Phi) is 5.56. The first-order chi connectivity index (χ1) is 20.3. The molecule has 0 bridgehead atoms. The molecule has 194 valence electrons. The van der Waals surface area contributed by atoms with Crippen LogP contribution < -0.4 is 0 Å². The van der Waals surface area contributed by atoms with E-state index in [4.69, 9.17) is 9.97 Å². The summed E-state index contributed by atoms with van der Waals surface area (Å²) in [5.74, 6) is 0. The highest BCUT2D eigenvalue weighted by atomic mass is 15.0. The van der Waals surface area contributed by atoms with Crippen molar-refractivity contribution in [3.8, 4) is 22.6 Å². The fraction of sp³-hybridized carbons (Fsp3) is 0.0541. The van der Waals surface area contributed by atoms with Gasteiger partial charge in [-0.15, -0.1) is 0 Å². The minimum atomic E-state index is 0.868. The first-order valence-electron chi connectivity index (χ1n) is 14.0. The van der Waals surface area contributed by atoms with Crippen molar-refractivity contribution in [2.45, 2.75) is 12.8 Å². The van der Waals surface area contributed by atoms with Crippen LogP contribution in [-0.2, 0) is 0 Å². The molecule has 0 aliphatic heterocycles. The van der Waals surface area contributed by atoms with E-state index in [2.05, 4.69) is 119 Å². The Bertz CT molecular complexity index is 2110. The summed E-state index contributed by atoms with van der Waals surface area (Å²) in [5.41, 5.74) is 9.57. The molecule has 1 aliphatic carbocycles. The van der Waals surface area contributed by atoms with Gasteiger partial charge in [0.2, 0.25) is 0 Å². The van der Waals surface area contributed by atoms with Gasteiger partial charge in [-0.05, 0) is 71.7 Å². The summed E-state index contributed by atoms with van der Waals surface area (Å²) in [6, 6.07) is 37.9. The van der Waals surface area contributed by atoms with Crippen molar-refractivity contribution in [2.24, 2.45) is 0 Å². The monoisotopic (exact) mass is 526 g/mol. The predicted molar refractivity (Wildman–Crippen MR) is 169 cm³/mol. The van der Waals surface area contributed by atoms with Crippen LogP contribution in [0.25, 0.3) is 66.5 Å². The fourth-order valence-electron chi connectivity index (χ4n) is 6.08. The van der Waals surface area contributed by atoms with Crippen LogP contribution in [0.5, 0.6) is 0 Å². The molecule has 7 aromatic rings. The number of benzene rings is 3. The molecule has 4 aromatic heterocycles. The Hall–Kier alpha value is -5.35. The average molecular weight is 527 g/mol. The van der Waals surface area contributed by atoms with Crippen molar-refractivity contribution in [2.75, 3.05) is 0 Å². The Morgan fingerprint density at radius 1 is 0.561 bits per heavy atom. The molecule has 0 atom stereocenters. The van der Waals surface area contributed by atoms with Gasteiger partial charge in [0.15, 0.2) is 0 Å². The van der Waals surface area contributed by atoms with Crippen LogP contribution in [0.3, 0.4) is 0 Å². The van der Waals surface area contributed by atoms with E-state index < -0.39 is 0 Å². The summed E-state index contributed by atoms with van der Waals surface area (Å²) in [4.78, 5) is 14.6. The third-order valence-corrected chi connectivity index (χ3v) is 7.97. The van der Waals surface area contributed by atoms with E-state index in [-0.39, 0.29) is 0 Å². The second-order valence-electron chi connectivity index (χ2n) is 10.4. The van der Waals surface area contributed by atoms with Crippen molar-refractivity contribution in [3.63, 3.8) is 0 Å². The van der Waals surface area contributed by atoms with Crippen LogP contribution in [0.1, 0.15) is 18.5 Å². The molecule has 4 nitrogen and oxygen atoms in total. The molecular weight excluding hydrogens is 500 g/mol. The topological polar surface area (TPSA) is 43.6 Å². The zero-order valence-corrected chi connectivity index (χ0v) is 22.4. The molecule has 3 aromatic carbocycles. The second-order valence-corrected chi connectivity index (χ2v) is 10.4. The van der Waals surface area contributed by atoms with Crippen LogP contribution in [0.15, 0.2) is 134 Å². The van der Waals surface area contributed by atoms with Crippen molar-refractivity contribution < 1.29 is 0 Å². The maximum Gasteiger partial charge on any atom is 0.0893 e. The lowest BCUT2D eigenvalue weighted by Gasteiger charge is -2.17. The summed E-state index contributed by atoms with van der Waals surface area (Å²) < 4.78 is 2.39. The van der Waals surface area contributed by atoms with Gasteiger partial charge in [-0.1, -0.05) is 78.9 Å². The Labute approximate surface area is 238 Å². The van der Waals surface area contributed by atoms with Crippen LogP contribution >= 0.6 is 0 Å². The molecule has 0 saturated carbocycles. The minimum absolute atomic E-state index is 0.868. The Morgan fingerprint density at radius 3 is 2.15 bits per heavy atom. The number of aromatic nitrogens is 4. The predicted octanol–water partition coefficient (Wildman–Crippen LogP) is 9.18. The van der Waals surface area contributed by atoms with E-state index in [9.17, 15) is 0 Å². The molecule has 0 spiro atoms. The van der Waals surface area contributed by atoms with Crippen LogP contribution in [0, 0.1) is 0 Å². The smallest absolute Gasteiger partial charge is 0.0893 e. The molecule has 0 saturated heterocycles. The first kappa shape index (κ1) is 23.5. The molecular formula is C37H26N4. The Morgan fingerprint density at radius 2 is 1.24 bits per heavy atom. The maximum absolute atomic E-state index is 5.11. The van der Waals surface area contributed by atoms with Crippen LogP contribution in [-0.4, -0.2) is 19.5 Å². The second kappa shape index (κ2) is 9.68. The molecule has 0 amide bonds. The molecule has 8 rings (SSSR count). The number of para-hydroxylation sites is 1. The third kappa shape index (κ3) is 4.04. The van der Waals surface area contributed by atoms with Crippen molar-refractivity contribution in [1.82, 2.24) is 19.5 Å². The van der Waals surface area contributed by atoms with Gasteiger partial charge < -0.3 is 4.57 Å². The molecule has 1 aliphatic rings. The van der Waals surface area contributed by atoms with Gasteiger partial charge in [-0.25, -0.2) is 9.97 Å². The molecule has 0 radical (unpaired) electrons. The highest BCUT2D eigenvalue weighted by Gasteiger charge is 2.17. The van der Waals surface area contributed by atoms with Gasteiger partial charge in [0, 0.05) is 34.4 Å². The number of allylic oxidation sites excluding steroid dienone is 4. The SMILES string of the molecule is C1=C(c2cccc(-c3cccc(-c4cccc5ccccc45)n3)n2)C=C(n2c3ccccc3c3cnccc32)CC1. The molecule has 4 heteroatoms. The molecule has 41 heavy (non-hydrogen) atoms. The highest BCUT2D eigenvalue weighted by Crippen LogP contribution is 2.36. The van der Waals surface area contributed by atoms with E-state index in [0.717, 1.165) is 46.8 Å². The largest absolute Gasteiger partial charge is 0.313 e. The summed E-state index contributed by atoms with van der Waals surface area (Å²) >= 11 is 0. The summed E-state index contributed by atoms with van der Waals surface area (Å²) in [6.45, 7) is 0. The average Bonchev–Trinajstić information content (AvgIpc) is 3.39. The van der Waals surface area contributed by atoms with E-state index in [1.165, 1.54) is 38.3 Å². The molecule has 0 N–H and O–H groups in total. The van der Waals surface area contributed by atoms with E-state index in [0.29, 0.717) is 0 Å². The number of nitrogens with zero attached hydrogens (tertiary/aromatic N) is 4. The third-order valence-electron chi connectivity index (χ3n) is 7.97. The van der Waals surface area contributed by atoms with Gasteiger partial charge in [0.25, 0.3) is 0 Å². The van der Waals surface area contributed by atoms with Crippen molar-refractivity contribution in [3.05, 3.63) is 139 Å². The summed E-state index contributed by atoms with van der Waals surface area (Å²) in [7, 11) is 0. The summed E-state index contributed by atoms with van der Waals surface area (Å²) in [5, 5.41) is 4.82. The van der Waals surface area contributed by atoms with Gasteiger partial charge in [0.05, 0.1) is 33.8 Å². The zero-order valence-electron chi connectivity index (χ0n) is 22.4. The van der Waals surface area contributed by atoms with E-state index >= 15 is 0 Å². The van der Waals surface area contributed by atoms with Crippen molar-refractivity contribution in [1.29, 1.82) is 0 Å². The molecule has 0 fully saturated rings.